The van der Waals surface area contributed by atoms with Gasteiger partial charge in [0.1, 0.15) is 0 Å². The predicted octanol–water partition coefficient (Wildman–Crippen LogP) is 1.87. The summed E-state index contributed by atoms with van der Waals surface area (Å²) in [5.41, 5.74) is 5.31. The number of amides is 1. The second-order valence-electron chi connectivity index (χ2n) is 2.97. The van der Waals surface area contributed by atoms with E-state index in [1.54, 1.807) is 11.0 Å². The monoisotopic (exact) mass is 244 g/mol. The Balaban J connectivity index is 2.65. The van der Waals surface area contributed by atoms with Gasteiger partial charge in [0, 0.05) is 11.4 Å². The van der Waals surface area contributed by atoms with Crippen LogP contribution < -0.4 is 5.73 Å². The van der Waals surface area contributed by atoms with Crippen molar-refractivity contribution < 1.29 is 4.79 Å². The lowest BCUT2D eigenvalue weighted by molar-refractivity contribution is -0.129. The Morgan fingerprint density at radius 2 is 2.40 bits per heavy atom. The van der Waals surface area contributed by atoms with Gasteiger partial charge in [-0.15, -0.1) is 17.9 Å². The molecule has 1 heterocycles. The van der Waals surface area contributed by atoms with Crippen LogP contribution in [-0.2, 0) is 11.3 Å². The molecule has 0 atom stereocenters. The van der Waals surface area contributed by atoms with E-state index in [-0.39, 0.29) is 12.5 Å². The van der Waals surface area contributed by atoms with Gasteiger partial charge in [0.2, 0.25) is 5.91 Å². The first kappa shape index (κ1) is 12.2. The highest BCUT2D eigenvalue weighted by atomic mass is 35.5. The fourth-order valence-corrected chi connectivity index (χ4v) is 2.27. The van der Waals surface area contributed by atoms with Crippen LogP contribution in [0.1, 0.15) is 4.88 Å². The number of nitrogens with two attached hydrogens (primary N) is 1. The zero-order valence-electron chi connectivity index (χ0n) is 8.28. The summed E-state index contributed by atoms with van der Waals surface area (Å²) in [6.07, 6.45) is 1.68. The molecule has 1 rings (SSSR count). The van der Waals surface area contributed by atoms with Gasteiger partial charge < -0.3 is 10.6 Å². The minimum Gasteiger partial charge on any atom is -0.333 e. The standard InChI is InChI=1S/C10H13ClN2OS/c1-2-5-13(10(14)6-12)7-8-3-4-9(11)15-8/h2-4H,1,5-7,12H2. The van der Waals surface area contributed by atoms with E-state index in [1.807, 2.05) is 12.1 Å². The Labute approximate surface area is 98.1 Å². The highest BCUT2D eigenvalue weighted by molar-refractivity contribution is 7.16. The van der Waals surface area contributed by atoms with E-state index in [0.717, 1.165) is 9.21 Å². The molecule has 0 saturated carbocycles. The summed E-state index contributed by atoms with van der Waals surface area (Å²) >= 11 is 7.27. The first-order valence-corrected chi connectivity index (χ1v) is 5.69. The van der Waals surface area contributed by atoms with Crippen molar-refractivity contribution >= 4 is 28.8 Å². The summed E-state index contributed by atoms with van der Waals surface area (Å²) in [5, 5.41) is 0. The van der Waals surface area contributed by atoms with Crippen LogP contribution in [-0.4, -0.2) is 23.9 Å². The lowest BCUT2D eigenvalue weighted by atomic mass is 10.4. The van der Waals surface area contributed by atoms with Crippen LogP contribution in [0.2, 0.25) is 4.34 Å². The molecule has 5 heteroatoms. The topological polar surface area (TPSA) is 46.3 Å². The van der Waals surface area contributed by atoms with Gasteiger partial charge in [0.05, 0.1) is 17.4 Å². The Kier molecular flexibility index (Phi) is 4.81. The van der Waals surface area contributed by atoms with Crippen molar-refractivity contribution in [2.45, 2.75) is 6.54 Å². The van der Waals surface area contributed by atoms with Gasteiger partial charge in [-0.3, -0.25) is 4.79 Å². The second-order valence-corrected chi connectivity index (χ2v) is 4.77. The molecule has 0 aromatic carbocycles. The fourth-order valence-electron chi connectivity index (χ4n) is 1.16. The van der Waals surface area contributed by atoms with E-state index in [9.17, 15) is 4.79 Å². The third-order valence-electron chi connectivity index (χ3n) is 1.85. The van der Waals surface area contributed by atoms with Gasteiger partial charge >= 0.3 is 0 Å². The molecule has 1 amide bonds. The normalized spacial score (nSPS) is 10.0. The van der Waals surface area contributed by atoms with E-state index in [2.05, 4.69) is 6.58 Å². The van der Waals surface area contributed by atoms with Crippen molar-refractivity contribution in [3.63, 3.8) is 0 Å². The summed E-state index contributed by atoms with van der Waals surface area (Å²) < 4.78 is 0.726. The smallest absolute Gasteiger partial charge is 0.236 e. The van der Waals surface area contributed by atoms with Gasteiger partial charge in [-0.05, 0) is 12.1 Å². The average molecular weight is 245 g/mol. The van der Waals surface area contributed by atoms with Crippen molar-refractivity contribution in [3.8, 4) is 0 Å². The van der Waals surface area contributed by atoms with E-state index < -0.39 is 0 Å². The van der Waals surface area contributed by atoms with Crippen LogP contribution in [0.25, 0.3) is 0 Å². The molecular weight excluding hydrogens is 232 g/mol. The van der Waals surface area contributed by atoms with Crippen LogP contribution in [0.4, 0.5) is 0 Å². The molecule has 0 fully saturated rings. The molecule has 3 nitrogen and oxygen atoms in total. The van der Waals surface area contributed by atoms with Gasteiger partial charge in [-0.25, -0.2) is 0 Å². The molecule has 1 aromatic rings. The molecule has 0 radical (unpaired) electrons. The fraction of sp³-hybridized carbons (Fsp3) is 0.300. The van der Waals surface area contributed by atoms with Crippen LogP contribution in [0.3, 0.4) is 0 Å². The zero-order chi connectivity index (χ0) is 11.3. The predicted molar refractivity (Wildman–Crippen MR) is 64.0 cm³/mol. The molecule has 1 aromatic heterocycles. The first-order valence-electron chi connectivity index (χ1n) is 4.50. The molecule has 0 aliphatic carbocycles. The molecular formula is C10H13ClN2OS. The number of thiophene rings is 1. The highest BCUT2D eigenvalue weighted by Crippen LogP contribution is 2.22. The summed E-state index contributed by atoms with van der Waals surface area (Å²) in [4.78, 5) is 14.1. The summed E-state index contributed by atoms with van der Waals surface area (Å²) in [6.45, 7) is 4.67. The zero-order valence-corrected chi connectivity index (χ0v) is 9.85. The Morgan fingerprint density at radius 3 is 2.87 bits per heavy atom. The average Bonchev–Trinajstić information content (AvgIpc) is 2.62. The Bertz CT molecular complexity index is 351. The Hall–Kier alpha value is -0.840. The SMILES string of the molecule is C=CCN(Cc1ccc(Cl)s1)C(=O)CN. The van der Waals surface area contributed by atoms with Crippen molar-refractivity contribution in [2.24, 2.45) is 5.73 Å². The molecule has 0 aliphatic rings. The molecule has 0 saturated heterocycles. The van der Waals surface area contributed by atoms with E-state index in [0.29, 0.717) is 13.1 Å². The number of hydrogen-bond acceptors (Lipinski definition) is 3. The summed E-state index contributed by atoms with van der Waals surface area (Å²) in [7, 11) is 0. The Morgan fingerprint density at radius 1 is 1.67 bits per heavy atom. The molecule has 2 N–H and O–H groups in total. The molecule has 82 valence electrons. The van der Waals surface area contributed by atoms with Gasteiger partial charge in [-0.1, -0.05) is 17.7 Å². The number of halogens is 1. The second kappa shape index (κ2) is 5.90. The van der Waals surface area contributed by atoms with Crippen molar-refractivity contribution in [1.29, 1.82) is 0 Å². The third-order valence-corrected chi connectivity index (χ3v) is 3.07. The van der Waals surface area contributed by atoms with Crippen LogP contribution in [0.15, 0.2) is 24.8 Å². The van der Waals surface area contributed by atoms with Gasteiger partial charge in [0.25, 0.3) is 0 Å². The minimum absolute atomic E-state index is 0.0208. The third kappa shape index (κ3) is 3.66. The van der Waals surface area contributed by atoms with Crippen LogP contribution >= 0.6 is 22.9 Å². The van der Waals surface area contributed by atoms with Gasteiger partial charge in [-0.2, -0.15) is 0 Å². The summed E-state index contributed by atoms with van der Waals surface area (Å²) in [6, 6.07) is 3.73. The lowest BCUT2D eigenvalue weighted by Crippen LogP contribution is -2.35. The number of carbonyl (C=O) groups is 1. The maximum absolute atomic E-state index is 11.4. The van der Waals surface area contributed by atoms with E-state index in [4.69, 9.17) is 17.3 Å². The lowest BCUT2D eigenvalue weighted by Gasteiger charge is -2.19. The summed E-state index contributed by atoms with van der Waals surface area (Å²) in [5.74, 6) is -0.0839. The van der Waals surface area contributed by atoms with Crippen LogP contribution in [0.5, 0.6) is 0 Å². The molecule has 0 spiro atoms. The van der Waals surface area contributed by atoms with Crippen LogP contribution in [0, 0.1) is 0 Å². The number of hydrogen-bond donors (Lipinski definition) is 1. The maximum Gasteiger partial charge on any atom is 0.236 e. The number of carbonyl (C=O) groups excluding carboxylic acids is 1. The first-order chi connectivity index (χ1) is 7.17. The van der Waals surface area contributed by atoms with E-state index >= 15 is 0 Å². The quantitative estimate of drug-likeness (QED) is 0.804. The molecule has 0 aliphatic heterocycles. The van der Waals surface area contributed by atoms with Crippen molar-refractivity contribution in [1.82, 2.24) is 4.90 Å². The minimum atomic E-state index is -0.0839. The number of nitrogens with zero attached hydrogens (tertiary/aromatic N) is 1. The van der Waals surface area contributed by atoms with Gasteiger partial charge in [0.15, 0.2) is 0 Å². The molecule has 0 bridgehead atoms. The largest absolute Gasteiger partial charge is 0.333 e. The molecule has 0 unspecified atom stereocenters. The van der Waals surface area contributed by atoms with E-state index in [1.165, 1.54) is 11.3 Å². The maximum atomic E-state index is 11.4. The van der Waals surface area contributed by atoms with Crippen molar-refractivity contribution in [2.75, 3.05) is 13.1 Å². The number of rotatable bonds is 5. The highest BCUT2D eigenvalue weighted by Gasteiger charge is 2.11. The van der Waals surface area contributed by atoms with Crippen molar-refractivity contribution in [3.05, 3.63) is 34.0 Å². The molecule has 15 heavy (non-hydrogen) atoms.